The maximum atomic E-state index is 13.2. The molecule has 3 aliphatic rings. The maximum Gasteiger partial charge on any atom is 0.201 e. The van der Waals surface area contributed by atoms with E-state index in [0.29, 0.717) is 42.2 Å². The molecule has 1 unspecified atom stereocenters. The van der Waals surface area contributed by atoms with Gasteiger partial charge in [-0.1, -0.05) is 11.6 Å². The van der Waals surface area contributed by atoms with E-state index in [1.54, 1.807) is 17.8 Å². The Bertz CT molecular complexity index is 780. The molecule has 1 aromatic carbocycles. The van der Waals surface area contributed by atoms with Crippen LogP contribution in [0.25, 0.3) is 0 Å². The van der Waals surface area contributed by atoms with Gasteiger partial charge in [0.2, 0.25) is 5.78 Å². The molecule has 1 saturated heterocycles. The van der Waals surface area contributed by atoms with Gasteiger partial charge < -0.3 is 9.47 Å². The lowest BCUT2D eigenvalue weighted by Gasteiger charge is -2.21. The average Bonchev–Trinajstić information content (AvgIpc) is 3.31. The number of ketones is 2. The molecule has 0 N–H and O–H groups in total. The molecule has 0 radical (unpaired) electrons. The van der Waals surface area contributed by atoms with E-state index < -0.39 is 0 Å². The van der Waals surface area contributed by atoms with Crippen molar-refractivity contribution < 1.29 is 19.1 Å². The second-order valence-corrected chi connectivity index (χ2v) is 8.37. The number of benzene rings is 1. The third-order valence-corrected chi connectivity index (χ3v) is 6.65. The van der Waals surface area contributed by atoms with E-state index in [2.05, 4.69) is 0 Å². The predicted molar refractivity (Wildman–Crippen MR) is 101 cm³/mol. The lowest BCUT2D eigenvalue weighted by molar-refractivity contribution is -0.116. The summed E-state index contributed by atoms with van der Waals surface area (Å²) in [6.07, 6.45) is 4.60. The summed E-state index contributed by atoms with van der Waals surface area (Å²) in [6.45, 7) is 1.15. The number of Topliss-reactive ketones (excluding diaryl/α,β-unsaturated/α-hetero) is 2. The fourth-order valence-electron chi connectivity index (χ4n) is 3.73. The van der Waals surface area contributed by atoms with Gasteiger partial charge >= 0.3 is 0 Å². The molecule has 1 atom stereocenters. The van der Waals surface area contributed by atoms with Gasteiger partial charge in [0.25, 0.3) is 0 Å². The molecule has 0 amide bonds. The minimum absolute atomic E-state index is 0.0523. The van der Waals surface area contributed by atoms with Crippen LogP contribution in [-0.2, 0) is 20.7 Å². The van der Waals surface area contributed by atoms with Crippen LogP contribution in [-0.4, -0.2) is 36.6 Å². The van der Waals surface area contributed by atoms with Crippen LogP contribution in [0.3, 0.4) is 0 Å². The van der Waals surface area contributed by atoms with Crippen molar-refractivity contribution in [3.63, 3.8) is 0 Å². The van der Waals surface area contributed by atoms with Crippen molar-refractivity contribution in [2.75, 3.05) is 19.0 Å². The van der Waals surface area contributed by atoms with Crippen molar-refractivity contribution in [1.82, 2.24) is 0 Å². The number of thioether (sulfide) groups is 1. The van der Waals surface area contributed by atoms with E-state index in [9.17, 15) is 9.59 Å². The summed E-state index contributed by atoms with van der Waals surface area (Å²) >= 11 is 8.26. The Morgan fingerprint density at radius 1 is 1.27 bits per heavy atom. The number of ether oxygens (including phenoxy) is 2. The van der Waals surface area contributed by atoms with Crippen LogP contribution in [0.1, 0.15) is 48.0 Å². The van der Waals surface area contributed by atoms with E-state index in [4.69, 9.17) is 21.1 Å². The molecule has 4 nitrogen and oxygen atoms in total. The zero-order valence-electron chi connectivity index (χ0n) is 14.5. The Labute approximate surface area is 162 Å². The molecule has 0 saturated carbocycles. The Morgan fingerprint density at radius 2 is 2.15 bits per heavy atom. The minimum Gasteiger partial charge on any atom is -0.494 e. The number of carbonyl (C=O) groups excluding carboxylic acids is 2. The normalized spacial score (nSPS) is 22.7. The van der Waals surface area contributed by atoms with Crippen molar-refractivity contribution in [2.24, 2.45) is 0 Å². The zero-order valence-corrected chi connectivity index (χ0v) is 16.1. The molecule has 138 valence electrons. The SMILES string of the molecule is O=C1CCCC(OCC2CCCO2)=C1C(=O)c1ccc2c(c1Cl)CCS2. The second kappa shape index (κ2) is 7.75. The second-order valence-electron chi connectivity index (χ2n) is 6.85. The number of allylic oxidation sites excluding steroid dienone is 2. The molecule has 2 heterocycles. The molecule has 0 aromatic heterocycles. The molecule has 1 aliphatic carbocycles. The van der Waals surface area contributed by atoms with Crippen molar-refractivity contribution in [3.8, 4) is 0 Å². The van der Waals surface area contributed by atoms with Gasteiger partial charge in [-0.15, -0.1) is 11.8 Å². The number of rotatable bonds is 5. The fraction of sp³-hybridized carbons (Fsp3) is 0.500. The molecular weight excluding hydrogens is 372 g/mol. The van der Waals surface area contributed by atoms with Crippen molar-refractivity contribution in [3.05, 3.63) is 39.6 Å². The van der Waals surface area contributed by atoms with Crippen LogP contribution < -0.4 is 0 Å². The van der Waals surface area contributed by atoms with Crippen molar-refractivity contribution in [1.29, 1.82) is 0 Å². The van der Waals surface area contributed by atoms with E-state index in [1.807, 2.05) is 6.07 Å². The number of fused-ring (bicyclic) bond motifs is 1. The third-order valence-electron chi connectivity index (χ3n) is 5.11. The van der Waals surface area contributed by atoms with Gasteiger partial charge in [0.15, 0.2) is 5.78 Å². The van der Waals surface area contributed by atoms with Gasteiger partial charge in [0.1, 0.15) is 17.9 Å². The summed E-state index contributed by atoms with van der Waals surface area (Å²) in [5, 5.41) is 0.488. The number of halogens is 1. The highest BCUT2D eigenvalue weighted by Gasteiger charge is 2.31. The van der Waals surface area contributed by atoms with Gasteiger partial charge in [-0.3, -0.25) is 9.59 Å². The van der Waals surface area contributed by atoms with Crippen molar-refractivity contribution >= 4 is 34.9 Å². The van der Waals surface area contributed by atoms with Crippen molar-refractivity contribution in [2.45, 2.75) is 49.5 Å². The lowest BCUT2D eigenvalue weighted by atomic mass is 9.89. The standard InChI is InChI=1S/C20H21ClO4S/c21-19-13-8-10-26-17(13)7-6-14(19)20(23)18-15(22)4-1-5-16(18)25-11-12-3-2-9-24-12/h6-7,12H,1-5,8-11H2. The molecular formula is C20H21ClO4S. The van der Waals surface area contributed by atoms with Crippen LogP contribution >= 0.6 is 23.4 Å². The third kappa shape index (κ3) is 3.45. The smallest absolute Gasteiger partial charge is 0.201 e. The van der Waals surface area contributed by atoms with Crippen LogP contribution in [0.15, 0.2) is 28.4 Å². The Morgan fingerprint density at radius 3 is 2.96 bits per heavy atom. The average molecular weight is 393 g/mol. The molecule has 2 aliphatic heterocycles. The van der Waals surface area contributed by atoms with Crippen LogP contribution in [0.2, 0.25) is 5.02 Å². The molecule has 4 rings (SSSR count). The highest BCUT2D eigenvalue weighted by atomic mass is 35.5. The first-order valence-corrected chi connectivity index (χ1v) is 10.5. The van der Waals surface area contributed by atoms with E-state index in [1.165, 1.54) is 0 Å². The summed E-state index contributed by atoms with van der Waals surface area (Å²) < 4.78 is 11.5. The number of carbonyl (C=O) groups is 2. The summed E-state index contributed by atoms with van der Waals surface area (Å²) in [6, 6.07) is 3.68. The minimum atomic E-state index is -0.304. The Kier molecular flexibility index (Phi) is 5.39. The van der Waals surface area contributed by atoms with E-state index >= 15 is 0 Å². The first-order valence-electron chi connectivity index (χ1n) is 9.15. The topological polar surface area (TPSA) is 52.6 Å². The van der Waals surface area contributed by atoms with Gasteiger partial charge in [-0.05, 0) is 43.4 Å². The number of hydrogen-bond acceptors (Lipinski definition) is 5. The van der Waals surface area contributed by atoms with E-state index in [-0.39, 0.29) is 23.2 Å². The predicted octanol–water partition coefficient (Wildman–Crippen LogP) is 4.37. The molecule has 0 spiro atoms. The first kappa shape index (κ1) is 18.1. The summed E-state index contributed by atoms with van der Waals surface area (Å²) in [4.78, 5) is 26.8. The quantitative estimate of drug-likeness (QED) is 0.550. The summed E-state index contributed by atoms with van der Waals surface area (Å²) in [7, 11) is 0. The molecule has 26 heavy (non-hydrogen) atoms. The Hall–Kier alpha value is -1.30. The van der Waals surface area contributed by atoms with E-state index in [0.717, 1.165) is 42.1 Å². The summed E-state index contributed by atoms with van der Waals surface area (Å²) in [5.74, 6) is 1.04. The molecule has 1 aromatic rings. The number of hydrogen-bond donors (Lipinski definition) is 0. The van der Waals surface area contributed by atoms with Gasteiger partial charge in [0.05, 0.1) is 11.1 Å². The van der Waals surface area contributed by atoms with Crippen LogP contribution in [0.4, 0.5) is 0 Å². The highest BCUT2D eigenvalue weighted by molar-refractivity contribution is 7.99. The van der Waals surface area contributed by atoms with Gasteiger partial charge in [-0.25, -0.2) is 0 Å². The maximum absolute atomic E-state index is 13.2. The zero-order chi connectivity index (χ0) is 18.1. The largest absolute Gasteiger partial charge is 0.494 e. The van der Waals surface area contributed by atoms with Crippen LogP contribution in [0.5, 0.6) is 0 Å². The monoisotopic (exact) mass is 392 g/mol. The lowest BCUT2D eigenvalue weighted by Crippen LogP contribution is -2.23. The fourth-order valence-corrected chi connectivity index (χ4v) is 5.20. The highest BCUT2D eigenvalue weighted by Crippen LogP contribution is 2.39. The molecule has 0 bridgehead atoms. The summed E-state index contributed by atoms with van der Waals surface area (Å²) in [5.41, 5.74) is 1.62. The van der Waals surface area contributed by atoms with Gasteiger partial charge in [-0.2, -0.15) is 0 Å². The van der Waals surface area contributed by atoms with Gasteiger partial charge in [0, 0.05) is 35.7 Å². The first-order chi connectivity index (χ1) is 12.6. The Balaban J connectivity index is 1.63. The molecule has 1 fully saturated rings. The molecule has 6 heteroatoms. The van der Waals surface area contributed by atoms with Crippen LogP contribution in [0, 0.1) is 0 Å².